The highest BCUT2D eigenvalue weighted by molar-refractivity contribution is 7.16. The summed E-state index contributed by atoms with van der Waals surface area (Å²) in [4.78, 5) is 29.8. The minimum absolute atomic E-state index is 0.00430. The number of nitrogens with zero attached hydrogens (tertiary/aromatic N) is 2. The van der Waals surface area contributed by atoms with Crippen molar-refractivity contribution in [1.82, 2.24) is 4.98 Å². The fourth-order valence-electron chi connectivity index (χ4n) is 2.05. The summed E-state index contributed by atoms with van der Waals surface area (Å²) >= 11 is 1.57. The van der Waals surface area contributed by atoms with Gasteiger partial charge in [-0.25, -0.2) is 4.98 Å². The lowest BCUT2D eigenvalue weighted by atomic mass is 10.3. The SMILES string of the molecule is O=C1CC(=O)N(c2nc3c(s2)CCC3)C1. The van der Waals surface area contributed by atoms with Gasteiger partial charge in [0.25, 0.3) is 0 Å². The Morgan fingerprint density at radius 1 is 1.27 bits per heavy atom. The van der Waals surface area contributed by atoms with Crippen molar-refractivity contribution in [1.29, 1.82) is 0 Å². The van der Waals surface area contributed by atoms with Gasteiger partial charge in [-0.3, -0.25) is 14.5 Å². The van der Waals surface area contributed by atoms with E-state index >= 15 is 0 Å². The molecule has 2 heterocycles. The van der Waals surface area contributed by atoms with Gasteiger partial charge in [0, 0.05) is 4.88 Å². The third kappa shape index (κ3) is 1.38. The van der Waals surface area contributed by atoms with Gasteiger partial charge in [-0.2, -0.15) is 0 Å². The number of hydrogen-bond acceptors (Lipinski definition) is 4. The van der Waals surface area contributed by atoms with Crippen molar-refractivity contribution in [2.45, 2.75) is 25.7 Å². The zero-order valence-electron chi connectivity index (χ0n) is 8.15. The van der Waals surface area contributed by atoms with Gasteiger partial charge in [-0.15, -0.1) is 11.3 Å². The van der Waals surface area contributed by atoms with E-state index in [0.717, 1.165) is 23.7 Å². The van der Waals surface area contributed by atoms with Crippen LogP contribution in [0.25, 0.3) is 0 Å². The molecule has 1 aliphatic carbocycles. The first-order valence-corrected chi connectivity index (χ1v) is 5.86. The van der Waals surface area contributed by atoms with E-state index in [9.17, 15) is 9.59 Å². The first kappa shape index (κ1) is 9.03. The maximum atomic E-state index is 11.5. The van der Waals surface area contributed by atoms with Gasteiger partial charge in [0.15, 0.2) is 10.9 Å². The van der Waals surface area contributed by atoms with Gasteiger partial charge in [0.1, 0.15) is 0 Å². The third-order valence-corrected chi connectivity index (χ3v) is 3.98. The predicted molar refractivity (Wildman–Crippen MR) is 56.1 cm³/mol. The van der Waals surface area contributed by atoms with E-state index in [1.807, 2.05) is 0 Å². The van der Waals surface area contributed by atoms with Crippen molar-refractivity contribution in [3.63, 3.8) is 0 Å². The first-order valence-electron chi connectivity index (χ1n) is 5.04. The number of aryl methyl sites for hydroxylation is 2. The van der Waals surface area contributed by atoms with Crippen LogP contribution in [0.5, 0.6) is 0 Å². The average Bonchev–Trinajstić information content (AvgIpc) is 2.77. The fourth-order valence-corrected chi connectivity index (χ4v) is 3.22. The van der Waals surface area contributed by atoms with E-state index in [1.165, 1.54) is 16.2 Å². The topological polar surface area (TPSA) is 50.3 Å². The molecule has 0 unspecified atom stereocenters. The Bertz CT molecular complexity index is 431. The van der Waals surface area contributed by atoms with Gasteiger partial charge in [0.2, 0.25) is 5.91 Å². The molecule has 1 amide bonds. The molecule has 78 valence electrons. The number of hydrogen-bond donors (Lipinski definition) is 0. The number of thiazole rings is 1. The predicted octanol–water partition coefficient (Wildman–Crippen LogP) is 0.938. The Morgan fingerprint density at radius 3 is 2.80 bits per heavy atom. The van der Waals surface area contributed by atoms with Gasteiger partial charge >= 0.3 is 0 Å². The summed E-state index contributed by atoms with van der Waals surface area (Å²) in [5.41, 5.74) is 1.13. The highest BCUT2D eigenvalue weighted by Crippen LogP contribution is 2.33. The van der Waals surface area contributed by atoms with Crippen LogP contribution >= 0.6 is 11.3 Å². The van der Waals surface area contributed by atoms with Crippen molar-refractivity contribution in [2.24, 2.45) is 0 Å². The Morgan fingerprint density at radius 2 is 2.13 bits per heavy atom. The molecular weight excluding hydrogens is 212 g/mol. The number of carbonyl (C=O) groups is 2. The van der Waals surface area contributed by atoms with Crippen LogP contribution in [0.15, 0.2) is 0 Å². The molecule has 0 saturated carbocycles. The molecule has 15 heavy (non-hydrogen) atoms. The molecule has 0 atom stereocenters. The Balaban J connectivity index is 1.93. The fraction of sp³-hybridized carbons (Fsp3) is 0.500. The molecule has 4 nitrogen and oxygen atoms in total. The minimum atomic E-state index is -0.104. The zero-order valence-corrected chi connectivity index (χ0v) is 8.97. The van der Waals surface area contributed by atoms with Crippen molar-refractivity contribution in [2.75, 3.05) is 11.4 Å². The number of carbonyl (C=O) groups excluding carboxylic acids is 2. The molecule has 1 aromatic rings. The second-order valence-electron chi connectivity index (χ2n) is 3.92. The van der Waals surface area contributed by atoms with Gasteiger partial charge in [-0.1, -0.05) is 0 Å². The molecule has 1 fully saturated rings. The van der Waals surface area contributed by atoms with Crippen LogP contribution in [-0.2, 0) is 22.4 Å². The Labute approximate surface area is 90.9 Å². The van der Waals surface area contributed by atoms with E-state index in [0.29, 0.717) is 0 Å². The number of fused-ring (bicyclic) bond motifs is 1. The average molecular weight is 222 g/mol. The summed E-state index contributed by atoms with van der Waals surface area (Å²) in [6.45, 7) is 0.214. The van der Waals surface area contributed by atoms with Crippen LogP contribution in [0.2, 0.25) is 0 Å². The first-order chi connectivity index (χ1) is 7.24. The number of Topliss-reactive ketones (excluding diaryl/α,β-unsaturated/α-hetero) is 1. The summed E-state index contributed by atoms with van der Waals surface area (Å²) < 4.78 is 0. The molecule has 0 aromatic carbocycles. The van der Waals surface area contributed by atoms with Crippen LogP contribution in [0.1, 0.15) is 23.4 Å². The summed E-state index contributed by atoms with van der Waals surface area (Å²) in [7, 11) is 0. The number of ketones is 1. The zero-order chi connectivity index (χ0) is 10.4. The Kier molecular flexibility index (Phi) is 1.88. The van der Waals surface area contributed by atoms with Crippen molar-refractivity contribution >= 4 is 28.2 Å². The molecule has 0 spiro atoms. The van der Waals surface area contributed by atoms with Gasteiger partial charge in [-0.05, 0) is 19.3 Å². The lowest BCUT2D eigenvalue weighted by molar-refractivity contribution is -0.121. The number of rotatable bonds is 1. The van der Waals surface area contributed by atoms with Crippen molar-refractivity contribution in [3.05, 3.63) is 10.6 Å². The second kappa shape index (κ2) is 3.13. The van der Waals surface area contributed by atoms with Crippen LogP contribution in [0.4, 0.5) is 5.13 Å². The highest BCUT2D eigenvalue weighted by atomic mass is 32.1. The van der Waals surface area contributed by atoms with E-state index in [2.05, 4.69) is 4.98 Å². The highest BCUT2D eigenvalue weighted by Gasteiger charge is 2.31. The molecule has 0 bridgehead atoms. The quantitative estimate of drug-likeness (QED) is 0.664. The van der Waals surface area contributed by atoms with Crippen LogP contribution in [0, 0.1) is 0 Å². The summed E-state index contributed by atoms with van der Waals surface area (Å²) in [6, 6.07) is 0. The molecule has 2 aliphatic rings. The van der Waals surface area contributed by atoms with Crippen LogP contribution < -0.4 is 4.90 Å². The number of anilines is 1. The maximum absolute atomic E-state index is 11.5. The molecule has 5 heteroatoms. The molecule has 0 N–H and O–H groups in total. The number of aromatic nitrogens is 1. The number of amides is 1. The van der Waals surface area contributed by atoms with Crippen molar-refractivity contribution in [3.8, 4) is 0 Å². The lowest BCUT2D eigenvalue weighted by Gasteiger charge is -2.09. The van der Waals surface area contributed by atoms with E-state index in [1.54, 1.807) is 11.3 Å². The van der Waals surface area contributed by atoms with Gasteiger partial charge < -0.3 is 0 Å². The molecule has 1 aliphatic heterocycles. The minimum Gasteiger partial charge on any atom is -0.297 e. The summed E-state index contributed by atoms with van der Waals surface area (Å²) in [5.74, 6) is -0.109. The molecular formula is C10H10N2O2S. The van der Waals surface area contributed by atoms with Crippen molar-refractivity contribution < 1.29 is 9.59 Å². The largest absolute Gasteiger partial charge is 0.297 e. The third-order valence-electron chi connectivity index (χ3n) is 2.80. The monoisotopic (exact) mass is 222 g/mol. The normalized spacial score (nSPS) is 20.1. The summed E-state index contributed by atoms with van der Waals surface area (Å²) in [5, 5.41) is 0.718. The molecule has 3 rings (SSSR count). The van der Waals surface area contributed by atoms with E-state index < -0.39 is 0 Å². The standard InChI is InChI=1S/C10H10N2O2S/c13-6-4-9(14)12(5-6)10-11-7-2-1-3-8(7)15-10/h1-5H2. The van der Waals surface area contributed by atoms with E-state index in [-0.39, 0.29) is 24.7 Å². The molecule has 0 radical (unpaired) electrons. The Hall–Kier alpha value is -1.23. The summed E-state index contributed by atoms with van der Waals surface area (Å²) in [6.07, 6.45) is 3.30. The van der Waals surface area contributed by atoms with E-state index in [4.69, 9.17) is 0 Å². The smallest absolute Gasteiger partial charge is 0.236 e. The maximum Gasteiger partial charge on any atom is 0.236 e. The lowest BCUT2D eigenvalue weighted by Crippen LogP contribution is -2.24. The molecule has 1 saturated heterocycles. The second-order valence-corrected chi connectivity index (χ2v) is 4.98. The van der Waals surface area contributed by atoms with Crippen LogP contribution in [-0.4, -0.2) is 23.2 Å². The van der Waals surface area contributed by atoms with Gasteiger partial charge in [0.05, 0.1) is 18.7 Å². The van der Waals surface area contributed by atoms with Crippen LogP contribution in [0.3, 0.4) is 0 Å². The molecule has 1 aromatic heterocycles.